The summed E-state index contributed by atoms with van der Waals surface area (Å²) >= 11 is 0. The van der Waals surface area contributed by atoms with Crippen molar-refractivity contribution in [1.29, 1.82) is 0 Å². The van der Waals surface area contributed by atoms with E-state index in [0.717, 1.165) is 18.2 Å². The Kier molecular flexibility index (Phi) is 7.72. The molecule has 1 aromatic rings. The Balaban J connectivity index is 0.00000312. The highest BCUT2D eigenvalue weighted by Crippen LogP contribution is 2.22. The van der Waals surface area contributed by atoms with Gasteiger partial charge in [-0.2, -0.15) is 0 Å². The Morgan fingerprint density at radius 3 is 2.76 bits per heavy atom. The van der Waals surface area contributed by atoms with Crippen molar-refractivity contribution in [3.8, 4) is 0 Å². The maximum atomic E-state index is 14.0. The molecule has 1 aromatic carbocycles. The number of non-ortho nitro benzene ring substituents is 1. The molecule has 2 amide bonds. The first kappa shape index (κ1) is 20.8. The number of nitrogens with zero attached hydrogens (tertiary/aromatic N) is 2. The molecule has 0 spiro atoms. The highest BCUT2D eigenvalue weighted by Gasteiger charge is 2.30. The number of nitrogens with two attached hydrogens (primary N) is 1. The van der Waals surface area contributed by atoms with E-state index in [0.29, 0.717) is 32.5 Å². The van der Waals surface area contributed by atoms with Crippen LogP contribution in [0.5, 0.6) is 0 Å². The molecule has 0 aliphatic carbocycles. The lowest BCUT2D eigenvalue weighted by Gasteiger charge is -2.32. The van der Waals surface area contributed by atoms with E-state index in [1.807, 2.05) is 0 Å². The molecule has 1 saturated heterocycles. The zero-order valence-electron chi connectivity index (χ0n) is 13.4. The number of hydrogen-bond acceptors (Lipinski definition) is 5. The van der Waals surface area contributed by atoms with Crippen LogP contribution in [0.15, 0.2) is 18.2 Å². The Morgan fingerprint density at radius 2 is 2.16 bits per heavy atom. The molecule has 8 nitrogen and oxygen atoms in total. The molecule has 1 fully saturated rings. The molecule has 0 bridgehead atoms. The third-order valence-corrected chi connectivity index (χ3v) is 3.92. The zero-order valence-corrected chi connectivity index (χ0v) is 14.3. The molecule has 2 rings (SSSR count). The first-order valence-electron chi connectivity index (χ1n) is 7.65. The molecule has 1 aliphatic heterocycles. The van der Waals surface area contributed by atoms with Crippen LogP contribution < -0.4 is 11.1 Å². The van der Waals surface area contributed by atoms with Gasteiger partial charge in [-0.05, 0) is 18.9 Å². The quantitative estimate of drug-likeness (QED) is 0.590. The second kappa shape index (κ2) is 9.28. The van der Waals surface area contributed by atoms with Gasteiger partial charge in [-0.25, -0.2) is 4.39 Å². The van der Waals surface area contributed by atoms with Crippen molar-refractivity contribution in [2.45, 2.75) is 12.8 Å². The predicted molar refractivity (Wildman–Crippen MR) is 91.0 cm³/mol. The van der Waals surface area contributed by atoms with Crippen molar-refractivity contribution < 1.29 is 18.9 Å². The number of piperidine rings is 1. The van der Waals surface area contributed by atoms with Crippen LogP contribution in [0.1, 0.15) is 23.2 Å². The van der Waals surface area contributed by atoms with Gasteiger partial charge in [0.2, 0.25) is 5.91 Å². The molecule has 1 heterocycles. The third-order valence-electron chi connectivity index (χ3n) is 3.92. The van der Waals surface area contributed by atoms with E-state index in [1.165, 1.54) is 4.90 Å². The highest BCUT2D eigenvalue weighted by molar-refractivity contribution is 5.95. The fraction of sp³-hybridized carbons (Fsp3) is 0.467. The van der Waals surface area contributed by atoms with E-state index in [2.05, 4.69) is 5.32 Å². The highest BCUT2D eigenvalue weighted by atomic mass is 35.5. The maximum absolute atomic E-state index is 14.0. The average Bonchev–Trinajstić information content (AvgIpc) is 2.59. The molecule has 3 N–H and O–H groups in total. The summed E-state index contributed by atoms with van der Waals surface area (Å²) < 4.78 is 14.0. The maximum Gasteiger partial charge on any atom is 0.272 e. The normalized spacial score (nSPS) is 16.7. The van der Waals surface area contributed by atoms with Crippen molar-refractivity contribution in [2.75, 3.05) is 26.2 Å². The van der Waals surface area contributed by atoms with Crippen LogP contribution in [-0.4, -0.2) is 47.8 Å². The van der Waals surface area contributed by atoms with Gasteiger partial charge >= 0.3 is 0 Å². The number of hydrogen-bond donors (Lipinski definition) is 2. The molecule has 0 saturated carbocycles. The smallest absolute Gasteiger partial charge is 0.272 e. The first-order valence-corrected chi connectivity index (χ1v) is 7.65. The molecule has 25 heavy (non-hydrogen) atoms. The largest absolute Gasteiger partial charge is 0.355 e. The van der Waals surface area contributed by atoms with Crippen LogP contribution in [-0.2, 0) is 4.79 Å². The minimum atomic E-state index is -0.941. The number of rotatable bonds is 5. The van der Waals surface area contributed by atoms with Crippen LogP contribution in [0.4, 0.5) is 10.1 Å². The van der Waals surface area contributed by atoms with Crippen molar-refractivity contribution >= 4 is 29.9 Å². The first-order chi connectivity index (χ1) is 11.4. The SMILES string of the molecule is Cl.NCCNC(=O)C1CCCN(C(=O)c2ccc([N+](=O)[O-])cc2F)C1. The van der Waals surface area contributed by atoms with E-state index < -0.39 is 22.3 Å². The topological polar surface area (TPSA) is 119 Å². The van der Waals surface area contributed by atoms with Gasteiger partial charge in [-0.1, -0.05) is 0 Å². The Bertz CT molecular complexity index is 658. The van der Waals surface area contributed by atoms with Gasteiger partial charge in [0.05, 0.1) is 22.5 Å². The second-order valence-electron chi connectivity index (χ2n) is 5.59. The van der Waals surface area contributed by atoms with Crippen molar-refractivity contribution in [2.24, 2.45) is 11.7 Å². The minimum absolute atomic E-state index is 0. The van der Waals surface area contributed by atoms with Crippen molar-refractivity contribution in [3.63, 3.8) is 0 Å². The number of nitrogens with one attached hydrogen (secondary N) is 1. The van der Waals surface area contributed by atoms with Gasteiger partial charge in [0.25, 0.3) is 11.6 Å². The lowest BCUT2D eigenvalue weighted by Crippen LogP contribution is -2.46. The molecular weight excluding hydrogens is 355 g/mol. The summed E-state index contributed by atoms with van der Waals surface area (Å²) in [5.41, 5.74) is 4.69. The summed E-state index contributed by atoms with van der Waals surface area (Å²) in [6.07, 6.45) is 1.27. The predicted octanol–water partition coefficient (Wildman–Crippen LogP) is 1.08. The Morgan fingerprint density at radius 1 is 1.44 bits per heavy atom. The Hall–Kier alpha value is -2.26. The summed E-state index contributed by atoms with van der Waals surface area (Å²) in [6, 6.07) is 2.92. The number of benzene rings is 1. The monoisotopic (exact) mass is 374 g/mol. The van der Waals surface area contributed by atoms with E-state index >= 15 is 0 Å². The number of carbonyl (C=O) groups excluding carboxylic acids is 2. The van der Waals surface area contributed by atoms with Gasteiger partial charge in [0, 0.05) is 32.2 Å². The minimum Gasteiger partial charge on any atom is -0.355 e. The van der Waals surface area contributed by atoms with Crippen LogP contribution in [0, 0.1) is 21.8 Å². The van der Waals surface area contributed by atoms with Gasteiger partial charge in [-0.3, -0.25) is 19.7 Å². The molecule has 138 valence electrons. The summed E-state index contributed by atoms with van der Waals surface area (Å²) in [6.45, 7) is 1.29. The van der Waals surface area contributed by atoms with Crippen molar-refractivity contribution in [1.82, 2.24) is 10.2 Å². The fourth-order valence-corrected chi connectivity index (χ4v) is 2.68. The average molecular weight is 375 g/mol. The van der Waals surface area contributed by atoms with E-state index in [-0.39, 0.29) is 36.3 Å². The van der Waals surface area contributed by atoms with Crippen molar-refractivity contribution in [3.05, 3.63) is 39.7 Å². The summed E-state index contributed by atoms with van der Waals surface area (Å²) in [5, 5.41) is 13.3. The number of likely N-dealkylation sites (tertiary alicyclic amines) is 1. The van der Waals surface area contributed by atoms with E-state index in [9.17, 15) is 24.1 Å². The lowest BCUT2D eigenvalue weighted by atomic mass is 9.96. The summed E-state index contributed by atoms with van der Waals surface area (Å²) in [5.74, 6) is -2.06. The fourth-order valence-electron chi connectivity index (χ4n) is 2.68. The Labute approximate surface area is 150 Å². The number of nitro benzene ring substituents is 1. The number of halogens is 2. The second-order valence-corrected chi connectivity index (χ2v) is 5.59. The van der Waals surface area contributed by atoms with Gasteiger partial charge < -0.3 is 16.0 Å². The standard InChI is InChI=1S/C15H19FN4O4.ClH/c16-13-8-11(20(23)24)3-4-12(13)15(22)19-7-1-2-10(9-19)14(21)18-6-5-17;/h3-4,8,10H,1-2,5-7,9,17H2,(H,18,21);1H. The number of amides is 2. The molecule has 10 heteroatoms. The van der Waals surface area contributed by atoms with Crippen LogP contribution in [0.25, 0.3) is 0 Å². The van der Waals surface area contributed by atoms with Gasteiger partial charge in [0.1, 0.15) is 5.82 Å². The molecule has 0 radical (unpaired) electrons. The number of carbonyl (C=O) groups is 2. The molecule has 1 atom stereocenters. The zero-order chi connectivity index (χ0) is 17.7. The van der Waals surface area contributed by atoms with Crippen LogP contribution in [0.3, 0.4) is 0 Å². The summed E-state index contributed by atoms with van der Waals surface area (Å²) in [4.78, 5) is 35.8. The third kappa shape index (κ3) is 5.10. The van der Waals surface area contributed by atoms with E-state index in [1.54, 1.807) is 0 Å². The molecular formula is C15H20ClFN4O4. The van der Waals surface area contributed by atoms with Gasteiger partial charge in [-0.15, -0.1) is 12.4 Å². The summed E-state index contributed by atoms with van der Waals surface area (Å²) in [7, 11) is 0. The van der Waals surface area contributed by atoms with E-state index in [4.69, 9.17) is 5.73 Å². The van der Waals surface area contributed by atoms with Crippen LogP contribution >= 0.6 is 12.4 Å². The molecule has 0 aromatic heterocycles. The lowest BCUT2D eigenvalue weighted by molar-refractivity contribution is -0.385. The number of nitro groups is 1. The van der Waals surface area contributed by atoms with Gasteiger partial charge in [0.15, 0.2) is 0 Å². The van der Waals surface area contributed by atoms with Crippen LogP contribution in [0.2, 0.25) is 0 Å². The molecule has 1 aliphatic rings. The molecule has 1 unspecified atom stereocenters.